The molecule has 7 nitrogen and oxygen atoms in total. The Kier molecular flexibility index (Phi) is 3.34. The molecule has 2 aromatic heterocycles. The van der Waals surface area contributed by atoms with Crippen LogP contribution in [0.3, 0.4) is 0 Å². The molecule has 2 unspecified atom stereocenters. The number of nitrogens with zero attached hydrogens (tertiary/aromatic N) is 2. The first-order valence-electron chi connectivity index (χ1n) is 11.7. The number of ether oxygens (including phenoxy) is 2. The van der Waals surface area contributed by atoms with Crippen molar-refractivity contribution in [2.75, 3.05) is 7.11 Å². The van der Waals surface area contributed by atoms with Gasteiger partial charge in [0.1, 0.15) is 12.3 Å². The molecule has 5 heterocycles. The first kappa shape index (κ1) is 19.0. The largest absolute Gasteiger partial charge is 0.390 e. The number of benzene rings is 3. The van der Waals surface area contributed by atoms with Crippen LogP contribution in [0.5, 0.6) is 0 Å². The van der Waals surface area contributed by atoms with E-state index >= 15 is 0 Å². The Morgan fingerprint density at radius 1 is 1.06 bits per heavy atom. The van der Waals surface area contributed by atoms with E-state index in [9.17, 15) is 9.90 Å². The first-order valence-corrected chi connectivity index (χ1v) is 11.7. The molecule has 170 valence electrons. The van der Waals surface area contributed by atoms with Crippen LogP contribution in [0.1, 0.15) is 35.5 Å². The topological polar surface area (TPSA) is 77.7 Å². The van der Waals surface area contributed by atoms with Crippen molar-refractivity contribution in [1.29, 1.82) is 0 Å². The second kappa shape index (κ2) is 5.99. The molecule has 0 radical (unpaired) electrons. The van der Waals surface area contributed by atoms with Crippen molar-refractivity contribution in [3.05, 3.63) is 59.7 Å². The van der Waals surface area contributed by atoms with Crippen molar-refractivity contribution in [2.45, 2.75) is 44.1 Å². The van der Waals surface area contributed by atoms with Gasteiger partial charge in [-0.15, -0.1) is 0 Å². The summed E-state index contributed by atoms with van der Waals surface area (Å²) < 4.78 is 17.2. The monoisotopic (exact) mass is 453 g/mol. The minimum atomic E-state index is -0.949. The quantitative estimate of drug-likeness (QED) is 0.400. The van der Waals surface area contributed by atoms with E-state index in [1.54, 1.807) is 7.11 Å². The molecule has 0 aliphatic carbocycles. The summed E-state index contributed by atoms with van der Waals surface area (Å²) in [5, 5.41) is 18.5. The molecule has 7 heteroatoms. The van der Waals surface area contributed by atoms with E-state index in [4.69, 9.17) is 9.47 Å². The lowest BCUT2D eigenvalue weighted by molar-refractivity contribution is -0.278. The van der Waals surface area contributed by atoms with E-state index in [0.717, 1.165) is 54.7 Å². The van der Waals surface area contributed by atoms with Crippen LogP contribution in [0.4, 0.5) is 0 Å². The van der Waals surface area contributed by atoms with Gasteiger partial charge in [-0.2, -0.15) is 0 Å². The summed E-state index contributed by atoms with van der Waals surface area (Å²) in [6.45, 7) is 2.50. The smallest absolute Gasteiger partial charge is 0.252 e. The zero-order chi connectivity index (χ0) is 22.9. The number of aliphatic hydroxyl groups is 1. The molecule has 34 heavy (non-hydrogen) atoms. The van der Waals surface area contributed by atoms with Crippen LogP contribution < -0.4 is 5.32 Å². The van der Waals surface area contributed by atoms with E-state index in [1.807, 2.05) is 31.2 Å². The SMILES string of the molecule is COC1[C@@H](O)CC2O[C@@]1(C)n1c3ccccc3c3c4c(c5c6ccccc6n2c5c31)C(=O)NC4. The number of carbonyl (C=O) groups excluding carboxylic acids is 1. The highest BCUT2D eigenvalue weighted by Crippen LogP contribution is 2.53. The third-order valence-electron chi connectivity index (χ3n) is 8.20. The van der Waals surface area contributed by atoms with Crippen molar-refractivity contribution in [3.63, 3.8) is 0 Å². The molecule has 2 bridgehead atoms. The summed E-state index contributed by atoms with van der Waals surface area (Å²) in [4.78, 5) is 13.2. The van der Waals surface area contributed by atoms with Crippen LogP contribution in [0.25, 0.3) is 43.6 Å². The molecule has 4 atom stereocenters. The number of aliphatic hydroxyl groups excluding tert-OH is 1. The Labute approximate surface area is 194 Å². The molecular weight excluding hydrogens is 430 g/mol. The summed E-state index contributed by atoms with van der Waals surface area (Å²) in [6.07, 6.45) is -1.28. The number of hydrogen-bond donors (Lipinski definition) is 2. The maximum Gasteiger partial charge on any atom is 0.252 e. The van der Waals surface area contributed by atoms with Gasteiger partial charge in [0.2, 0.25) is 0 Å². The summed E-state index contributed by atoms with van der Waals surface area (Å²) in [6, 6.07) is 16.4. The zero-order valence-electron chi connectivity index (χ0n) is 18.8. The molecule has 3 aromatic carbocycles. The van der Waals surface area contributed by atoms with Gasteiger partial charge in [-0.05, 0) is 24.6 Å². The fourth-order valence-corrected chi connectivity index (χ4v) is 7.03. The van der Waals surface area contributed by atoms with E-state index in [2.05, 4.69) is 38.7 Å². The van der Waals surface area contributed by atoms with Gasteiger partial charge < -0.3 is 29.0 Å². The maximum absolute atomic E-state index is 13.2. The number of carbonyl (C=O) groups is 1. The number of rotatable bonds is 1. The number of hydrogen-bond acceptors (Lipinski definition) is 4. The first-order chi connectivity index (χ1) is 16.5. The van der Waals surface area contributed by atoms with Gasteiger partial charge in [-0.25, -0.2) is 0 Å². The van der Waals surface area contributed by atoms with Crippen molar-refractivity contribution in [1.82, 2.24) is 14.5 Å². The Balaban J connectivity index is 1.75. The average Bonchev–Trinajstić information content (AvgIpc) is 3.46. The van der Waals surface area contributed by atoms with Crippen LogP contribution in [0.2, 0.25) is 0 Å². The molecule has 1 amide bonds. The minimum Gasteiger partial charge on any atom is -0.390 e. The lowest BCUT2D eigenvalue weighted by atomic mass is 9.95. The molecule has 3 aliphatic heterocycles. The molecule has 3 aliphatic rings. The molecule has 1 saturated heterocycles. The van der Waals surface area contributed by atoms with Crippen LogP contribution in [0, 0.1) is 0 Å². The molecule has 0 spiro atoms. The van der Waals surface area contributed by atoms with Crippen LogP contribution in [0.15, 0.2) is 48.5 Å². The van der Waals surface area contributed by atoms with Crippen molar-refractivity contribution < 1.29 is 19.4 Å². The molecule has 0 saturated carbocycles. The molecule has 2 N–H and O–H groups in total. The van der Waals surface area contributed by atoms with Crippen LogP contribution in [-0.2, 0) is 21.7 Å². The normalized spacial score (nSPS) is 27.7. The summed E-state index contributed by atoms with van der Waals surface area (Å²) in [5.41, 5.74) is 4.86. The van der Waals surface area contributed by atoms with Crippen LogP contribution in [-0.4, -0.2) is 39.5 Å². The lowest BCUT2D eigenvalue weighted by Gasteiger charge is -2.46. The predicted octanol–water partition coefficient (Wildman–Crippen LogP) is 4.13. The molecule has 5 aromatic rings. The Morgan fingerprint density at radius 3 is 2.53 bits per heavy atom. The summed E-state index contributed by atoms with van der Waals surface area (Å²) in [5.74, 6) is -0.0363. The zero-order valence-corrected chi connectivity index (χ0v) is 18.8. The number of methoxy groups -OCH3 is 1. The van der Waals surface area contributed by atoms with Gasteiger partial charge in [0.15, 0.2) is 5.72 Å². The van der Waals surface area contributed by atoms with Gasteiger partial charge >= 0.3 is 0 Å². The highest BCUT2D eigenvalue weighted by molar-refractivity contribution is 6.31. The third kappa shape index (κ3) is 1.92. The van der Waals surface area contributed by atoms with E-state index < -0.39 is 24.2 Å². The van der Waals surface area contributed by atoms with Crippen molar-refractivity contribution >= 4 is 49.5 Å². The Morgan fingerprint density at radius 2 is 1.76 bits per heavy atom. The summed E-state index contributed by atoms with van der Waals surface area (Å²) >= 11 is 0. The van der Waals surface area contributed by atoms with Crippen molar-refractivity contribution in [2.24, 2.45) is 0 Å². The Bertz CT molecular complexity index is 1730. The lowest BCUT2D eigenvalue weighted by Crippen LogP contribution is -2.56. The fraction of sp³-hybridized carbons (Fsp3) is 0.296. The van der Waals surface area contributed by atoms with E-state index in [-0.39, 0.29) is 5.91 Å². The van der Waals surface area contributed by atoms with E-state index in [1.165, 1.54) is 0 Å². The van der Waals surface area contributed by atoms with Gasteiger partial charge in [0, 0.05) is 41.6 Å². The summed E-state index contributed by atoms with van der Waals surface area (Å²) in [7, 11) is 1.63. The second-order valence-electron chi connectivity index (χ2n) is 9.81. The van der Waals surface area contributed by atoms with Crippen LogP contribution >= 0.6 is 0 Å². The number of amides is 1. The van der Waals surface area contributed by atoms with Gasteiger partial charge in [0.25, 0.3) is 5.91 Å². The molecule has 1 fully saturated rings. The number of aromatic nitrogens is 2. The number of para-hydroxylation sites is 2. The minimum absolute atomic E-state index is 0.0363. The van der Waals surface area contributed by atoms with Gasteiger partial charge in [-0.3, -0.25) is 4.79 Å². The highest BCUT2D eigenvalue weighted by Gasteiger charge is 2.53. The standard InChI is InChI=1S/C27H23N3O4/c1-27-25(33-2)18(31)11-19(34-27)29-16-9-5-3-7-13(16)21-22-15(12-28-26(22)32)20-14-8-4-6-10-17(14)30(27)24(20)23(21)29/h3-10,18-19,25,31H,11-12H2,1-2H3,(H,28,32)/t18-,19?,25?,27+/m0/s1. The fourth-order valence-electron chi connectivity index (χ4n) is 7.03. The third-order valence-corrected chi connectivity index (χ3v) is 8.20. The maximum atomic E-state index is 13.2. The predicted molar refractivity (Wildman–Crippen MR) is 129 cm³/mol. The molecular formula is C27H23N3O4. The highest BCUT2D eigenvalue weighted by atomic mass is 16.6. The Hall–Kier alpha value is -3.39. The number of fused-ring (bicyclic) bond motifs is 13. The molecule has 8 rings (SSSR count). The van der Waals surface area contributed by atoms with Crippen molar-refractivity contribution in [3.8, 4) is 0 Å². The van der Waals surface area contributed by atoms with E-state index in [0.29, 0.717) is 13.0 Å². The number of nitrogens with one attached hydrogen (secondary N) is 1. The van der Waals surface area contributed by atoms with Gasteiger partial charge in [0.05, 0.1) is 33.7 Å². The average molecular weight is 453 g/mol. The van der Waals surface area contributed by atoms with Gasteiger partial charge in [-0.1, -0.05) is 36.4 Å². The second-order valence-corrected chi connectivity index (χ2v) is 9.81.